The molecule has 0 spiro atoms. The predicted octanol–water partition coefficient (Wildman–Crippen LogP) is -2.79. The quantitative estimate of drug-likeness (QED) is 0.123. The number of H-pyrrole nitrogens is 1. The van der Waals surface area contributed by atoms with Gasteiger partial charge in [0.1, 0.15) is 18.1 Å². The lowest BCUT2D eigenvalue weighted by Gasteiger charge is -2.24. The molecule has 4 atom stereocenters. The highest BCUT2D eigenvalue weighted by Gasteiger charge is 2.32. The maximum Gasteiger partial charge on any atom is 0.326 e. The van der Waals surface area contributed by atoms with Crippen LogP contribution in [0.1, 0.15) is 38.8 Å². The van der Waals surface area contributed by atoms with Crippen LogP contribution in [0.15, 0.2) is 12.5 Å². The molecule has 10 N–H and O–H groups in total. The molecule has 15 nitrogen and oxygen atoms in total. The average Bonchev–Trinajstić information content (AvgIpc) is 3.24. The fourth-order valence-electron chi connectivity index (χ4n) is 3.05. The summed E-state index contributed by atoms with van der Waals surface area (Å²) in [6.07, 6.45) is 1.21. The minimum atomic E-state index is -1.64. The molecule has 194 valence electrons. The van der Waals surface area contributed by atoms with Crippen LogP contribution in [0, 0.1) is 5.92 Å². The standard InChI is InChI=1S/C20H31N7O8/c1-9(2)3-11(21)17(31)25-13(6-16(29)30)19(33)26-12(5-15(22)28)18(32)27-14(20(34)35)4-10-7-23-8-24-10/h7-9,11-14H,3-6,21H2,1-2H3,(H2,22,28)(H,23,24)(H,25,31)(H,26,33)(H,27,32)(H,29,30)(H,34,35). The molecule has 0 aliphatic rings. The van der Waals surface area contributed by atoms with E-state index in [0.29, 0.717) is 5.69 Å². The number of aromatic amines is 1. The Morgan fingerprint density at radius 2 is 1.49 bits per heavy atom. The van der Waals surface area contributed by atoms with Gasteiger partial charge in [-0.05, 0) is 12.3 Å². The van der Waals surface area contributed by atoms with Crippen molar-refractivity contribution in [1.82, 2.24) is 25.9 Å². The zero-order valence-corrected chi connectivity index (χ0v) is 19.3. The third-order valence-corrected chi connectivity index (χ3v) is 4.71. The van der Waals surface area contributed by atoms with Gasteiger partial charge in [-0.2, -0.15) is 0 Å². The normalized spacial score (nSPS) is 14.3. The Bertz CT molecular complexity index is 919. The van der Waals surface area contributed by atoms with Gasteiger partial charge in [0.25, 0.3) is 0 Å². The predicted molar refractivity (Wildman–Crippen MR) is 119 cm³/mol. The number of imidazole rings is 1. The topological polar surface area (TPSA) is 260 Å². The van der Waals surface area contributed by atoms with E-state index in [2.05, 4.69) is 25.9 Å². The van der Waals surface area contributed by atoms with Crippen LogP contribution in [0.2, 0.25) is 0 Å². The fourth-order valence-corrected chi connectivity index (χ4v) is 3.05. The van der Waals surface area contributed by atoms with E-state index in [1.54, 1.807) is 0 Å². The number of rotatable bonds is 15. The maximum absolute atomic E-state index is 12.7. The summed E-state index contributed by atoms with van der Waals surface area (Å²) in [7, 11) is 0. The summed E-state index contributed by atoms with van der Waals surface area (Å²) in [5.41, 5.74) is 11.3. The second kappa shape index (κ2) is 13.6. The third kappa shape index (κ3) is 10.6. The van der Waals surface area contributed by atoms with Crippen molar-refractivity contribution in [3.8, 4) is 0 Å². The van der Waals surface area contributed by atoms with Crippen molar-refractivity contribution in [2.24, 2.45) is 17.4 Å². The molecule has 0 radical (unpaired) electrons. The summed E-state index contributed by atoms with van der Waals surface area (Å²) >= 11 is 0. The molecule has 1 heterocycles. The monoisotopic (exact) mass is 497 g/mol. The van der Waals surface area contributed by atoms with Crippen LogP contribution in [0.5, 0.6) is 0 Å². The Morgan fingerprint density at radius 1 is 0.943 bits per heavy atom. The highest BCUT2D eigenvalue weighted by Crippen LogP contribution is 2.05. The minimum absolute atomic E-state index is 0.0510. The Balaban J connectivity index is 2.99. The van der Waals surface area contributed by atoms with Crippen LogP contribution in [-0.2, 0) is 35.2 Å². The van der Waals surface area contributed by atoms with E-state index in [0.717, 1.165) is 0 Å². The van der Waals surface area contributed by atoms with Crippen LogP contribution in [-0.4, -0.2) is 79.9 Å². The summed E-state index contributed by atoms with van der Waals surface area (Å²) in [6, 6.07) is -5.72. The van der Waals surface area contributed by atoms with Gasteiger partial charge in [0, 0.05) is 18.3 Å². The number of aliphatic carboxylic acids is 2. The summed E-state index contributed by atoms with van der Waals surface area (Å²) in [4.78, 5) is 78.5. The van der Waals surface area contributed by atoms with E-state index < -0.39 is 72.6 Å². The largest absolute Gasteiger partial charge is 0.481 e. The van der Waals surface area contributed by atoms with Gasteiger partial charge in [0.05, 0.1) is 25.2 Å². The molecular formula is C20H31N7O8. The number of carbonyl (C=O) groups is 6. The Kier molecular flexibility index (Phi) is 11.3. The molecule has 0 saturated carbocycles. The summed E-state index contributed by atoms with van der Waals surface area (Å²) in [6.45, 7) is 3.64. The number of carbonyl (C=O) groups excluding carboxylic acids is 4. The number of carboxylic acid groups (broad SMARTS) is 2. The Labute approximate surface area is 200 Å². The molecular weight excluding hydrogens is 466 g/mol. The molecule has 0 saturated heterocycles. The minimum Gasteiger partial charge on any atom is -0.481 e. The number of aromatic nitrogens is 2. The molecule has 0 aliphatic carbocycles. The van der Waals surface area contributed by atoms with E-state index in [1.807, 2.05) is 13.8 Å². The van der Waals surface area contributed by atoms with Gasteiger partial charge >= 0.3 is 11.9 Å². The number of hydrogen-bond donors (Lipinski definition) is 8. The van der Waals surface area contributed by atoms with Crippen molar-refractivity contribution in [3.63, 3.8) is 0 Å². The van der Waals surface area contributed by atoms with E-state index in [1.165, 1.54) is 12.5 Å². The number of carboxylic acids is 2. The van der Waals surface area contributed by atoms with Gasteiger partial charge in [-0.3, -0.25) is 24.0 Å². The summed E-state index contributed by atoms with van der Waals surface area (Å²) in [5.74, 6) is -6.70. The van der Waals surface area contributed by atoms with E-state index >= 15 is 0 Å². The van der Waals surface area contributed by atoms with Gasteiger partial charge in [-0.15, -0.1) is 0 Å². The van der Waals surface area contributed by atoms with Gasteiger partial charge < -0.3 is 42.6 Å². The first-order valence-electron chi connectivity index (χ1n) is 10.7. The number of nitrogens with one attached hydrogen (secondary N) is 4. The third-order valence-electron chi connectivity index (χ3n) is 4.71. The van der Waals surface area contributed by atoms with E-state index in [-0.39, 0.29) is 18.8 Å². The molecule has 35 heavy (non-hydrogen) atoms. The molecule has 1 aromatic heterocycles. The van der Waals surface area contributed by atoms with Crippen molar-refractivity contribution in [2.45, 2.75) is 63.7 Å². The molecule has 0 aliphatic heterocycles. The number of hydrogen-bond acceptors (Lipinski definition) is 8. The zero-order valence-electron chi connectivity index (χ0n) is 19.3. The number of nitrogens with zero attached hydrogens (tertiary/aromatic N) is 1. The first-order valence-corrected chi connectivity index (χ1v) is 10.7. The van der Waals surface area contributed by atoms with Crippen LogP contribution in [0.4, 0.5) is 0 Å². The lowest BCUT2D eigenvalue weighted by molar-refractivity contribution is -0.143. The first-order chi connectivity index (χ1) is 16.3. The number of primary amides is 1. The number of nitrogens with two attached hydrogens (primary N) is 2. The summed E-state index contributed by atoms with van der Waals surface area (Å²) in [5, 5.41) is 25.1. The maximum atomic E-state index is 12.7. The molecule has 4 unspecified atom stereocenters. The first kappa shape index (κ1) is 29.0. The SMILES string of the molecule is CC(C)CC(N)C(=O)NC(CC(=O)O)C(=O)NC(CC(N)=O)C(=O)NC(Cc1cnc[nH]1)C(=O)O. The van der Waals surface area contributed by atoms with Crippen LogP contribution in [0.3, 0.4) is 0 Å². The van der Waals surface area contributed by atoms with Crippen molar-refractivity contribution < 1.29 is 39.0 Å². The molecule has 1 rings (SSSR count). The highest BCUT2D eigenvalue weighted by molar-refractivity contribution is 5.97. The van der Waals surface area contributed by atoms with Crippen molar-refractivity contribution in [3.05, 3.63) is 18.2 Å². The van der Waals surface area contributed by atoms with Gasteiger partial charge in [-0.25, -0.2) is 9.78 Å². The van der Waals surface area contributed by atoms with E-state index in [9.17, 15) is 33.9 Å². The lowest BCUT2D eigenvalue weighted by atomic mass is 10.0. The molecule has 1 aromatic rings. The van der Waals surface area contributed by atoms with Crippen molar-refractivity contribution >= 4 is 35.6 Å². The molecule has 15 heteroatoms. The van der Waals surface area contributed by atoms with Crippen molar-refractivity contribution in [1.29, 1.82) is 0 Å². The Morgan fingerprint density at radius 3 is 1.94 bits per heavy atom. The van der Waals surface area contributed by atoms with Gasteiger partial charge in [0.2, 0.25) is 23.6 Å². The average molecular weight is 498 g/mol. The zero-order chi connectivity index (χ0) is 26.7. The second-order valence-electron chi connectivity index (χ2n) is 8.31. The lowest BCUT2D eigenvalue weighted by Crippen LogP contribution is -2.58. The van der Waals surface area contributed by atoms with E-state index in [4.69, 9.17) is 16.6 Å². The molecule has 4 amide bonds. The smallest absolute Gasteiger partial charge is 0.326 e. The molecule has 0 aromatic carbocycles. The summed E-state index contributed by atoms with van der Waals surface area (Å²) < 4.78 is 0. The van der Waals surface area contributed by atoms with Crippen LogP contribution < -0.4 is 27.4 Å². The van der Waals surface area contributed by atoms with Gasteiger partial charge in [-0.1, -0.05) is 13.8 Å². The number of amides is 4. The Hall–Kier alpha value is -4.01. The molecule has 0 bridgehead atoms. The van der Waals surface area contributed by atoms with Crippen LogP contribution in [0.25, 0.3) is 0 Å². The second-order valence-corrected chi connectivity index (χ2v) is 8.31. The highest BCUT2D eigenvalue weighted by atomic mass is 16.4. The van der Waals surface area contributed by atoms with Crippen molar-refractivity contribution in [2.75, 3.05) is 0 Å². The van der Waals surface area contributed by atoms with Gasteiger partial charge in [0.15, 0.2) is 0 Å². The fraction of sp³-hybridized carbons (Fsp3) is 0.550. The van der Waals surface area contributed by atoms with Crippen LogP contribution >= 0.6 is 0 Å². The molecule has 0 fully saturated rings.